The SMILES string of the molecule is O=c1[nH]c2ncncc2n1C1CCNCC1. The topological polar surface area (TPSA) is 75.6 Å². The zero-order valence-electron chi connectivity index (χ0n) is 8.81. The van der Waals surface area contributed by atoms with E-state index < -0.39 is 0 Å². The van der Waals surface area contributed by atoms with E-state index in [-0.39, 0.29) is 11.7 Å². The van der Waals surface area contributed by atoms with Gasteiger partial charge in [-0.2, -0.15) is 0 Å². The zero-order chi connectivity index (χ0) is 11.0. The standard InChI is InChI=1S/C10H13N5O/c16-10-14-9-8(5-12-6-13-9)15(10)7-1-3-11-4-2-7/h5-7,11H,1-4H2,(H,12,13,14,16). The van der Waals surface area contributed by atoms with Gasteiger partial charge in [0.1, 0.15) is 11.8 Å². The van der Waals surface area contributed by atoms with Gasteiger partial charge in [-0.1, -0.05) is 0 Å². The van der Waals surface area contributed by atoms with Crippen LogP contribution in [0.4, 0.5) is 0 Å². The summed E-state index contributed by atoms with van der Waals surface area (Å²) in [4.78, 5) is 22.6. The largest absolute Gasteiger partial charge is 0.327 e. The first-order valence-electron chi connectivity index (χ1n) is 5.47. The van der Waals surface area contributed by atoms with Crippen molar-refractivity contribution in [1.82, 2.24) is 24.8 Å². The van der Waals surface area contributed by atoms with Gasteiger partial charge in [0.25, 0.3) is 0 Å². The second kappa shape index (κ2) is 3.71. The third kappa shape index (κ3) is 1.42. The number of rotatable bonds is 1. The maximum Gasteiger partial charge on any atom is 0.327 e. The Morgan fingerprint density at radius 2 is 2.19 bits per heavy atom. The van der Waals surface area contributed by atoms with Crippen molar-refractivity contribution in [1.29, 1.82) is 0 Å². The Morgan fingerprint density at radius 1 is 1.38 bits per heavy atom. The number of fused-ring (bicyclic) bond motifs is 1. The average molecular weight is 219 g/mol. The number of hydrogen-bond donors (Lipinski definition) is 2. The lowest BCUT2D eigenvalue weighted by atomic mass is 10.1. The molecule has 0 radical (unpaired) electrons. The molecule has 0 saturated carbocycles. The van der Waals surface area contributed by atoms with E-state index in [1.54, 1.807) is 10.8 Å². The molecule has 3 rings (SSSR count). The minimum atomic E-state index is -0.0811. The van der Waals surface area contributed by atoms with Gasteiger partial charge in [0.05, 0.1) is 6.20 Å². The van der Waals surface area contributed by atoms with Crippen LogP contribution in [0.3, 0.4) is 0 Å². The smallest absolute Gasteiger partial charge is 0.317 e. The van der Waals surface area contributed by atoms with E-state index in [1.165, 1.54) is 6.33 Å². The van der Waals surface area contributed by atoms with Crippen LogP contribution in [0.25, 0.3) is 11.2 Å². The first kappa shape index (κ1) is 9.53. The van der Waals surface area contributed by atoms with Gasteiger partial charge in [-0.05, 0) is 25.9 Å². The van der Waals surface area contributed by atoms with E-state index in [0.717, 1.165) is 31.4 Å². The molecule has 1 aliphatic rings. The Balaban J connectivity index is 2.14. The molecule has 0 unspecified atom stereocenters. The van der Waals surface area contributed by atoms with E-state index in [2.05, 4.69) is 20.3 Å². The summed E-state index contributed by atoms with van der Waals surface area (Å²) in [5, 5.41) is 3.29. The van der Waals surface area contributed by atoms with Crippen LogP contribution in [-0.2, 0) is 0 Å². The van der Waals surface area contributed by atoms with Crippen LogP contribution >= 0.6 is 0 Å². The third-order valence-corrected chi connectivity index (χ3v) is 3.07. The zero-order valence-corrected chi connectivity index (χ0v) is 8.81. The molecular weight excluding hydrogens is 206 g/mol. The molecular formula is C10H13N5O. The Kier molecular flexibility index (Phi) is 2.21. The first-order chi connectivity index (χ1) is 7.86. The predicted octanol–water partition coefficient (Wildman–Crippen LogP) is 0.0441. The summed E-state index contributed by atoms with van der Waals surface area (Å²) in [6, 6.07) is 0.258. The molecule has 1 aliphatic heterocycles. The van der Waals surface area contributed by atoms with Crippen molar-refractivity contribution in [2.24, 2.45) is 0 Å². The van der Waals surface area contributed by atoms with E-state index in [1.807, 2.05) is 0 Å². The van der Waals surface area contributed by atoms with Crippen LogP contribution < -0.4 is 11.0 Å². The Labute approximate surface area is 91.7 Å². The van der Waals surface area contributed by atoms with Crippen molar-refractivity contribution in [2.45, 2.75) is 18.9 Å². The maximum absolute atomic E-state index is 11.9. The van der Waals surface area contributed by atoms with Gasteiger partial charge in [-0.3, -0.25) is 9.55 Å². The summed E-state index contributed by atoms with van der Waals surface area (Å²) in [6.45, 7) is 1.91. The third-order valence-electron chi connectivity index (χ3n) is 3.07. The quantitative estimate of drug-likeness (QED) is 0.710. The monoisotopic (exact) mass is 219 g/mol. The lowest BCUT2D eigenvalue weighted by Crippen LogP contribution is -2.33. The highest BCUT2D eigenvalue weighted by molar-refractivity contribution is 5.69. The van der Waals surface area contributed by atoms with Gasteiger partial charge >= 0.3 is 5.69 Å². The molecule has 0 aliphatic carbocycles. The van der Waals surface area contributed by atoms with Crippen LogP contribution in [0.5, 0.6) is 0 Å². The van der Waals surface area contributed by atoms with Crippen molar-refractivity contribution in [3.8, 4) is 0 Å². The lowest BCUT2D eigenvalue weighted by molar-refractivity contribution is 0.368. The summed E-state index contributed by atoms with van der Waals surface area (Å²) >= 11 is 0. The van der Waals surface area contributed by atoms with Crippen molar-refractivity contribution < 1.29 is 0 Å². The molecule has 2 aromatic rings. The molecule has 2 aromatic heterocycles. The Hall–Kier alpha value is -1.69. The molecule has 1 fully saturated rings. The van der Waals surface area contributed by atoms with E-state index in [0.29, 0.717) is 5.65 Å². The Bertz CT molecular complexity index is 552. The second-order valence-corrected chi connectivity index (χ2v) is 4.04. The molecule has 0 spiro atoms. The molecule has 84 valence electrons. The van der Waals surface area contributed by atoms with Gasteiger partial charge in [0.2, 0.25) is 0 Å². The van der Waals surface area contributed by atoms with Crippen LogP contribution in [0.2, 0.25) is 0 Å². The fraction of sp³-hybridized carbons (Fsp3) is 0.500. The highest BCUT2D eigenvalue weighted by Gasteiger charge is 2.19. The average Bonchev–Trinajstić information content (AvgIpc) is 2.66. The van der Waals surface area contributed by atoms with Crippen molar-refractivity contribution >= 4 is 11.2 Å². The molecule has 1 saturated heterocycles. The van der Waals surface area contributed by atoms with Crippen LogP contribution in [0.15, 0.2) is 17.3 Å². The van der Waals surface area contributed by atoms with E-state index >= 15 is 0 Å². The number of nitrogens with one attached hydrogen (secondary N) is 2. The summed E-state index contributed by atoms with van der Waals surface area (Å²) in [5.41, 5.74) is 1.35. The first-order valence-corrected chi connectivity index (χ1v) is 5.47. The molecule has 6 nitrogen and oxygen atoms in total. The van der Waals surface area contributed by atoms with Gasteiger partial charge in [0, 0.05) is 6.04 Å². The van der Waals surface area contributed by atoms with Crippen LogP contribution in [-0.4, -0.2) is 32.6 Å². The van der Waals surface area contributed by atoms with Gasteiger partial charge in [-0.15, -0.1) is 0 Å². The Morgan fingerprint density at radius 3 is 3.00 bits per heavy atom. The second-order valence-electron chi connectivity index (χ2n) is 4.04. The van der Waals surface area contributed by atoms with Crippen LogP contribution in [0.1, 0.15) is 18.9 Å². The lowest BCUT2D eigenvalue weighted by Gasteiger charge is -2.23. The molecule has 0 aromatic carbocycles. The fourth-order valence-electron chi connectivity index (χ4n) is 2.29. The number of imidazole rings is 1. The normalized spacial score (nSPS) is 18.0. The summed E-state index contributed by atoms with van der Waals surface area (Å²) in [5.74, 6) is 0. The van der Waals surface area contributed by atoms with Crippen molar-refractivity contribution in [3.05, 3.63) is 23.0 Å². The van der Waals surface area contributed by atoms with E-state index in [9.17, 15) is 4.79 Å². The molecule has 16 heavy (non-hydrogen) atoms. The van der Waals surface area contributed by atoms with Crippen molar-refractivity contribution in [2.75, 3.05) is 13.1 Å². The number of aromatic amines is 1. The minimum Gasteiger partial charge on any atom is -0.317 e. The number of H-pyrrole nitrogens is 1. The summed E-state index contributed by atoms with van der Waals surface area (Å²) in [7, 11) is 0. The fourth-order valence-corrected chi connectivity index (χ4v) is 2.29. The number of piperidine rings is 1. The predicted molar refractivity (Wildman–Crippen MR) is 59.3 cm³/mol. The minimum absolute atomic E-state index is 0.0811. The number of nitrogens with zero attached hydrogens (tertiary/aromatic N) is 3. The number of aromatic nitrogens is 4. The highest BCUT2D eigenvalue weighted by atomic mass is 16.1. The maximum atomic E-state index is 11.9. The molecule has 3 heterocycles. The molecule has 0 bridgehead atoms. The molecule has 0 atom stereocenters. The van der Waals surface area contributed by atoms with Gasteiger partial charge in [-0.25, -0.2) is 14.8 Å². The van der Waals surface area contributed by atoms with Gasteiger partial charge < -0.3 is 5.32 Å². The van der Waals surface area contributed by atoms with Crippen LogP contribution in [0, 0.1) is 0 Å². The molecule has 0 amide bonds. The summed E-state index contributed by atoms with van der Waals surface area (Å²) < 4.78 is 1.79. The molecule has 2 N–H and O–H groups in total. The van der Waals surface area contributed by atoms with Crippen molar-refractivity contribution in [3.63, 3.8) is 0 Å². The summed E-state index contributed by atoms with van der Waals surface area (Å²) in [6.07, 6.45) is 5.09. The molecule has 6 heteroatoms. The highest BCUT2D eigenvalue weighted by Crippen LogP contribution is 2.20. The number of hydrogen-bond acceptors (Lipinski definition) is 4. The van der Waals surface area contributed by atoms with Gasteiger partial charge in [0.15, 0.2) is 5.65 Å². The van der Waals surface area contributed by atoms with E-state index in [4.69, 9.17) is 0 Å².